The predicted octanol–water partition coefficient (Wildman–Crippen LogP) is 4.86. The summed E-state index contributed by atoms with van der Waals surface area (Å²) < 4.78 is 51.8. The highest BCUT2D eigenvalue weighted by atomic mass is 19.4. The Balaban J connectivity index is 1.69. The topological polar surface area (TPSA) is 47.6 Å². The Kier molecular flexibility index (Phi) is 5.13. The molecule has 3 heterocycles. The van der Waals surface area contributed by atoms with Crippen LogP contribution in [0.5, 0.6) is 0 Å². The molecule has 1 saturated heterocycles. The number of hydrogen-bond acceptors (Lipinski definition) is 3. The number of hydrogen-bond donors (Lipinski definition) is 0. The number of rotatable bonds is 3. The maximum Gasteiger partial charge on any atom is 0.416 e. The summed E-state index contributed by atoms with van der Waals surface area (Å²) in [6.45, 7) is 6.88. The molecule has 0 spiro atoms. The predicted molar refractivity (Wildman–Crippen MR) is 105 cm³/mol. The Morgan fingerprint density at radius 1 is 1.10 bits per heavy atom. The first kappa shape index (κ1) is 20.5. The molecule has 1 aliphatic rings. The second kappa shape index (κ2) is 7.50. The van der Waals surface area contributed by atoms with E-state index in [1.165, 1.54) is 12.1 Å². The summed E-state index contributed by atoms with van der Waals surface area (Å²) in [6.07, 6.45) is -4.52. The third kappa shape index (κ3) is 3.96. The van der Waals surface area contributed by atoms with Crippen LogP contribution in [0.3, 0.4) is 0 Å². The lowest BCUT2D eigenvalue weighted by Gasteiger charge is -2.35. The number of halogens is 3. The van der Waals surface area contributed by atoms with Crippen LogP contribution >= 0.6 is 0 Å². The zero-order chi connectivity index (χ0) is 21.6. The standard InChI is InChI=1S/C22H23F3N2O3/c1-13-8-18-20(30-13)9-19(21(28)26-10-14(2)29-15(3)11-26)27(18)12-16-4-6-17(7-5-16)22(23,24)25/h4-9,14-15H,10-12H2,1-3H3/t14-,15+. The summed E-state index contributed by atoms with van der Waals surface area (Å²) in [7, 11) is 0. The highest BCUT2D eigenvalue weighted by Gasteiger charge is 2.31. The molecule has 5 nitrogen and oxygen atoms in total. The third-order valence-electron chi connectivity index (χ3n) is 5.26. The maximum atomic E-state index is 13.3. The lowest BCUT2D eigenvalue weighted by molar-refractivity contribution is -0.137. The van der Waals surface area contributed by atoms with E-state index in [0.717, 1.165) is 17.6 Å². The highest BCUT2D eigenvalue weighted by molar-refractivity contribution is 5.97. The zero-order valence-corrected chi connectivity index (χ0v) is 17.0. The van der Waals surface area contributed by atoms with Crippen molar-refractivity contribution in [1.82, 2.24) is 9.47 Å². The molecule has 3 aromatic rings. The van der Waals surface area contributed by atoms with Crippen LogP contribution in [-0.4, -0.2) is 40.7 Å². The van der Waals surface area contributed by atoms with Gasteiger partial charge in [-0.3, -0.25) is 4.79 Å². The van der Waals surface area contributed by atoms with Gasteiger partial charge in [-0.25, -0.2) is 0 Å². The first-order valence-electron chi connectivity index (χ1n) is 9.82. The molecule has 0 bridgehead atoms. The minimum Gasteiger partial charge on any atom is -0.460 e. The smallest absolute Gasteiger partial charge is 0.416 e. The van der Waals surface area contributed by atoms with Gasteiger partial charge >= 0.3 is 6.18 Å². The molecule has 2 atom stereocenters. The molecule has 0 saturated carbocycles. The van der Waals surface area contributed by atoms with E-state index in [1.807, 2.05) is 31.4 Å². The van der Waals surface area contributed by atoms with Crippen molar-refractivity contribution in [2.45, 2.75) is 45.7 Å². The minimum absolute atomic E-state index is 0.0683. The molecule has 1 aliphatic heterocycles. The quantitative estimate of drug-likeness (QED) is 0.608. The van der Waals surface area contributed by atoms with Crippen LogP contribution in [0.1, 0.15) is 41.2 Å². The van der Waals surface area contributed by atoms with Crippen molar-refractivity contribution in [2.24, 2.45) is 0 Å². The van der Waals surface area contributed by atoms with Gasteiger partial charge in [0.05, 0.1) is 23.3 Å². The van der Waals surface area contributed by atoms with E-state index in [1.54, 1.807) is 11.0 Å². The van der Waals surface area contributed by atoms with E-state index < -0.39 is 11.7 Å². The van der Waals surface area contributed by atoms with E-state index in [-0.39, 0.29) is 24.7 Å². The highest BCUT2D eigenvalue weighted by Crippen LogP contribution is 2.30. The maximum absolute atomic E-state index is 13.3. The van der Waals surface area contributed by atoms with E-state index in [2.05, 4.69) is 0 Å². The van der Waals surface area contributed by atoms with E-state index in [0.29, 0.717) is 35.7 Å². The molecule has 30 heavy (non-hydrogen) atoms. The van der Waals surface area contributed by atoms with Crippen molar-refractivity contribution in [3.63, 3.8) is 0 Å². The van der Waals surface area contributed by atoms with Gasteiger partial charge in [-0.05, 0) is 38.5 Å². The van der Waals surface area contributed by atoms with Crippen molar-refractivity contribution in [3.8, 4) is 0 Å². The van der Waals surface area contributed by atoms with Crippen molar-refractivity contribution in [2.75, 3.05) is 13.1 Å². The van der Waals surface area contributed by atoms with Crippen LogP contribution in [0.2, 0.25) is 0 Å². The number of amides is 1. The summed E-state index contributed by atoms with van der Waals surface area (Å²) >= 11 is 0. The number of aromatic nitrogens is 1. The number of benzene rings is 1. The molecule has 1 aromatic carbocycles. The Labute approximate surface area is 172 Å². The fourth-order valence-corrected chi connectivity index (χ4v) is 4.00. The number of carbonyl (C=O) groups excluding carboxylic acids is 1. The SMILES string of the molecule is Cc1cc2c(cc(C(=O)N3C[C@@H](C)O[C@@H](C)C3)n2Cc2ccc(C(F)(F)F)cc2)o1. The second-order valence-electron chi connectivity index (χ2n) is 7.88. The molecule has 1 fully saturated rings. The Hall–Kier alpha value is -2.74. The number of furan rings is 1. The zero-order valence-electron chi connectivity index (χ0n) is 17.0. The normalized spacial score (nSPS) is 20.1. The van der Waals surface area contributed by atoms with Gasteiger partial charge in [0.15, 0.2) is 5.58 Å². The van der Waals surface area contributed by atoms with Crippen LogP contribution in [0.15, 0.2) is 40.8 Å². The molecule has 2 aromatic heterocycles. The second-order valence-corrected chi connectivity index (χ2v) is 7.88. The largest absolute Gasteiger partial charge is 0.460 e. The fraction of sp³-hybridized carbons (Fsp3) is 0.409. The minimum atomic E-state index is -4.38. The summed E-state index contributed by atoms with van der Waals surface area (Å²) in [5, 5.41) is 0. The van der Waals surface area contributed by atoms with Crippen LogP contribution in [0.4, 0.5) is 13.2 Å². The summed E-state index contributed by atoms with van der Waals surface area (Å²) in [5.74, 6) is 0.557. The number of fused-ring (bicyclic) bond motifs is 1. The Morgan fingerprint density at radius 3 is 2.33 bits per heavy atom. The van der Waals surface area contributed by atoms with Gasteiger partial charge in [0.2, 0.25) is 0 Å². The average molecular weight is 420 g/mol. The Bertz CT molecular complexity index is 1060. The van der Waals surface area contributed by atoms with E-state index >= 15 is 0 Å². The first-order valence-corrected chi connectivity index (χ1v) is 9.82. The number of alkyl halides is 3. The van der Waals surface area contributed by atoms with Gasteiger partial charge < -0.3 is 18.6 Å². The molecular formula is C22H23F3N2O3. The molecule has 0 unspecified atom stereocenters. The van der Waals surface area contributed by atoms with Gasteiger partial charge in [-0.2, -0.15) is 13.2 Å². The van der Waals surface area contributed by atoms with Crippen LogP contribution < -0.4 is 0 Å². The van der Waals surface area contributed by atoms with Gasteiger partial charge in [0.1, 0.15) is 11.5 Å². The van der Waals surface area contributed by atoms with Gasteiger partial charge in [0.25, 0.3) is 5.91 Å². The average Bonchev–Trinajstić information content (AvgIpc) is 3.17. The number of aryl methyl sites for hydroxylation is 1. The molecule has 0 radical (unpaired) electrons. The van der Waals surface area contributed by atoms with E-state index in [9.17, 15) is 18.0 Å². The summed E-state index contributed by atoms with van der Waals surface area (Å²) in [5.41, 5.74) is 1.74. The van der Waals surface area contributed by atoms with Crippen molar-refractivity contribution < 1.29 is 27.1 Å². The monoisotopic (exact) mass is 420 g/mol. The Morgan fingerprint density at radius 2 is 1.73 bits per heavy atom. The van der Waals surface area contributed by atoms with Crippen LogP contribution in [-0.2, 0) is 17.5 Å². The third-order valence-corrected chi connectivity index (χ3v) is 5.26. The van der Waals surface area contributed by atoms with Crippen LogP contribution in [0.25, 0.3) is 11.1 Å². The van der Waals surface area contributed by atoms with Gasteiger partial charge in [-0.15, -0.1) is 0 Å². The van der Waals surface area contributed by atoms with Crippen molar-refractivity contribution in [3.05, 3.63) is 59.0 Å². The molecule has 0 N–H and O–H groups in total. The van der Waals surface area contributed by atoms with Crippen LogP contribution in [0, 0.1) is 6.92 Å². The lowest BCUT2D eigenvalue weighted by Crippen LogP contribution is -2.48. The fourth-order valence-electron chi connectivity index (χ4n) is 4.00. The van der Waals surface area contributed by atoms with Crippen molar-refractivity contribution >= 4 is 17.0 Å². The number of carbonyl (C=O) groups is 1. The summed E-state index contributed by atoms with van der Waals surface area (Å²) in [4.78, 5) is 15.1. The summed E-state index contributed by atoms with van der Waals surface area (Å²) in [6, 6.07) is 8.54. The van der Waals surface area contributed by atoms with Gasteiger partial charge in [0, 0.05) is 31.8 Å². The molecule has 8 heteroatoms. The molecule has 0 aliphatic carbocycles. The number of nitrogens with zero attached hydrogens (tertiary/aromatic N) is 2. The van der Waals surface area contributed by atoms with Gasteiger partial charge in [-0.1, -0.05) is 12.1 Å². The van der Waals surface area contributed by atoms with E-state index in [4.69, 9.17) is 9.15 Å². The number of morpholine rings is 1. The first-order chi connectivity index (χ1) is 14.1. The molecule has 160 valence electrons. The molecular weight excluding hydrogens is 397 g/mol. The van der Waals surface area contributed by atoms with Crippen molar-refractivity contribution in [1.29, 1.82) is 0 Å². The molecule has 4 rings (SSSR count). The number of ether oxygens (including phenoxy) is 1. The lowest BCUT2D eigenvalue weighted by atomic mass is 10.1. The molecule has 1 amide bonds.